The number of aliphatic carboxylic acids is 1. The molecule has 0 heterocycles. The van der Waals surface area contributed by atoms with E-state index in [9.17, 15) is 4.79 Å². The van der Waals surface area contributed by atoms with Crippen molar-refractivity contribution in [3.8, 4) is 11.8 Å². The molecule has 1 unspecified atom stereocenters. The zero-order valence-electron chi connectivity index (χ0n) is 11.1. The number of nitriles is 1. The van der Waals surface area contributed by atoms with Gasteiger partial charge in [-0.05, 0) is 30.2 Å². The van der Waals surface area contributed by atoms with E-state index in [0.29, 0.717) is 24.5 Å². The number of rotatable bonds is 7. The lowest BCUT2D eigenvalue weighted by Crippen LogP contribution is -2.42. The number of hydrogen-bond acceptors (Lipinski definition) is 4. The molecule has 0 saturated carbocycles. The number of ether oxygens (including phenoxy) is 1. The molecule has 0 aliphatic carbocycles. The van der Waals surface area contributed by atoms with Gasteiger partial charge in [0.2, 0.25) is 0 Å². The second-order valence-corrected chi connectivity index (χ2v) is 4.50. The molecule has 0 saturated heterocycles. The Morgan fingerprint density at radius 2 is 2.05 bits per heavy atom. The van der Waals surface area contributed by atoms with Crippen LogP contribution in [0.15, 0.2) is 24.3 Å². The summed E-state index contributed by atoms with van der Waals surface area (Å²) >= 11 is 0. The smallest absolute Gasteiger partial charge is 0.320 e. The zero-order chi connectivity index (χ0) is 14.3. The van der Waals surface area contributed by atoms with E-state index >= 15 is 0 Å². The van der Waals surface area contributed by atoms with Crippen molar-refractivity contribution in [1.29, 1.82) is 5.26 Å². The highest BCUT2D eigenvalue weighted by Gasteiger charge is 2.19. The summed E-state index contributed by atoms with van der Waals surface area (Å²) in [6.45, 7) is 4.54. The van der Waals surface area contributed by atoms with Crippen LogP contribution < -0.4 is 10.1 Å². The van der Waals surface area contributed by atoms with Crippen molar-refractivity contribution in [3.05, 3.63) is 29.8 Å². The van der Waals surface area contributed by atoms with Gasteiger partial charge >= 0.3 is 5.97 Å². The van der Waals surface area contributed by atoms with Gasteiger partial charge in [0, 0.05) is 6.54 Å². The highest BCUT2D eigenvalue weighted by molar-refractivity contribution is 5.73. The Labute approximate surface area is 112 Å². The number of benzene rings is 1. The van der Waals surface area contributed by atoms with E-state index in [0.717, 1.165) is 0 Å². The molecular weight excluding hydrogens is 244 g/mol. The van der Waals surface area contributed by atoms with Crippen LogP contribution in [0.3, 0.4) is 0 Å². The van der Waals surface area contributed by atoms with Gasteiger partial charge in [-0.2, -0.15) is 5.26 Å². The number of carboxylic acid groups (broad SMARTS) is 1. The molecule has 1 rings (SSSR count). The topological polar surface area (TPSA) is 82.3 Å². The summed E-state index contributed by atoms with van der Waals surface area (Å²) in [5, 5.41) is 20.6. The van der Waals surface area contributed by atoms with Crippen molar-refractivity contribution < 1.29 is 14.6 Å². The largest absolute Gasteiger partial charge is 0.492 e. The van der Waals surface area contributed by atoms with Gasteiger partial charge in [-0.25, -0.2) is 0 Å². The first-order chi connectivity index (χ1) is 9.04. The van der Waals surface area contributed by atoms with Crippen LogP contribution in [-0.4, -0.2) is 30.3 Å². The van der Waals surface area contributed by atoms with Gasteiger partial charge in [0.05, 0.1) is 11.6 Å². The molecule has 0 aliphatic heterocycles. The minimum Gasteiger partial charge on any atom is -0.492 e. The Morgan fingerprint density at radius 1 is 1.42 bits per heavy atom. The van der Waals surface area contributed by atoms with Crippen molar-refractivity contribution >= 4 is 5.97 Å². The van der Waals surface area contributed by atoms with Crippen LogP contribution in [0.1, 0.15) is 19.4 Å². The van der Waals surface area contributed by atoms with Gasteiger partial charge in [0.1, 0.15) is 18.4 Å². The molecule has 19 heavy (non-hydrogen) atoms. The minimum absolute atomic E-state index is 0.0208. The second kappa shape index (κ2) is 7.39. The van der Waals surface area contributed by atoms with Crippen molar-refractivity contribution in [3.63, 3.8) is 0 Å². The number of carbonyl (C=O) groups is 1. The van der Waals surface area contributed by atoms with Crippen LogP contribution in [-0.2, 0) is 4.79 Å². The van der Waals surface area contributed by atoms with Crippen molar-refractivity contribution in [2.45, 2.75) is 19.9 Å². The number of nitrogens with one attached hydrogen (secondary N) is 1. The minimum atomic E-state index is -0.853. The Bertz CT molecular complexity index is 449. The fourth-order valence-corrected chi connectivity index (χ4v) is 1.62. The van der Waals surface area contributed by atoms with Gasteiger partial charge in [-0.3, -0.25) is 4.79 Å². The van der Waals surface area contributed by atoms with Gasteiger partial charge in [-0.1, -0.05) is 13.8 Å². The van der Waals surface area contributed by atoms with Crippen LogP contribution in [0.5, 0.6) is 5.75 Å². The van der Waals surface area contributed by atoms with Gasteiger partial charge in [-0.15, -0.1) is 0 Å². The fourth-order valence-electron chi connectivity index (χ4n) is 1.62. The predicted octanol–water partition coefficient (Wildman–Crippen LogP) is 1.64. The summed E-state index contributed by atoms with van der Waals surface area (Å²) in [5.74, 6) is -0.169. The monoisotopic (exact) mass is 262 g/mol. The maximum absolute atomic E-state index is 10.9. The third kappa shape index (κ3) is 4.98. The molecular formula is C14H18N2O3. The first-order valence-corrected chi connectivity index (χ1v) is 6.13. The van der Waals surface area contributed by atoms with E-state index in [-0.39, 0.29) is 5.92 Å². The van der Waals surface area contributed by atoms with Gasteiger partial charge in [0.25, 0.3) is 0 Å². The Balaban J connectivity index is 2.34. The number of carboxylic acids is 1. The van der Waals surface area contributed by atoms with Crippen LogP contribution in [0.25, 0.3) is 0 Å². The zero-order valence-corrected chi connectivity index (χ0v) is 11.1. The van der Waals surface area contributed by atoms with E-state index in [4.69, 9.17) is 15.1 Å². The highest BCUT2D eigenvalue weighted by atomic mass is 16.5. The summed E-state index contributed by atoms with van der Waals surface area (Å²) in [5.41, 5.74) is 0.580. The molecule has 0 aliphatic rings. The van der Waals surface area contributed by atoms with E-state index in [2.05, 4.69) is 5.32 Å². The Hall–Kier alpha value is -2.06. The molecule has 0 bridgehead atoms. The average Bonchev–Trinajstić information content (AvgIpc) is 2.38. The summed E-state index contributed by atoms with van der Waals surface area (Å²) in [6.07, 6.45) is 0. The molecule has 5 heteroatoms. The van der Waals surface area contributed by atoms with Crippen LogP contribution in [0.4, 0.5) is 0 Å². The predicted molar refractivity (Wildman–Crippen MR) is 70.9 cm³/mol. The standard InChI is InChI=1S/C14H18N2O3/c1-10(2)13(14(17)18)16-7-8-19-12-5-3-11(9-15)4-6-12/h3-6,10,13,16H,7-8H2,1-2H3,(H,17,18). The third-order valence-corrected chi connectivity index (χ3v) is 2.65. The molecule has 0 aromatic heterocycles. The first-order valence-electron chi connectivity index (χ1n) is 6.13. The van der Waals surface area contributed by atoms with E-state index in [1.54, 1.807) is 24.3 Å². The van der Waals surface area contributed by atoms with Crippen LogP contribution in [0, 0.1) is 17.2 Å². The summed E-state index contributed by atoms with van der Waals surface area (Å²) in [6, 6.07) is 8.25. The number of hydrogen-bond donors (Lipinski definition) is 2. The average molecular weight is 262 g/mol. The molecule has 1 aromatic carbocycles. The maximum atomic E-state index is 10.9. The summed E-state index contributed by atoms with van der Waals surface area (Å²) in [4.78, 5) is 10.9. The number of nitrogens with zero attached hydrogens (tertiary/aromatic N) is 1. The molecule has 1 aromatic rings. The molecule has 0 radical (unpaired) electrons. The van der Waals surface area contributed by atoms with Crippen molar-refractivity contribution in [1.82, 2.24) is 5.32 Å². The van der Waals surface area contributed by atoms with Crippen LogP contribution >= 0.6 is 0 Å². The quantitative estimate of drug-likeness (QED) is 0.730. The molecule has 102 valence electrons. The summed E-state index contributed by atoms with van der Waals surface area (Å²) in [7, 11) is 0. The lowest BCUT2D eigenvalue weighted by molar-refractivity contribution is -0.140. The molecule has 0 spiro atoms. The lowest BCUT2D eigenvalue weighted by Gasteiger charge is -2.17. The Morgan fingerprint density at radius 3 is 2.53 bits per heavy atom. The highest BCUT2D eigenvalue weighted by Crippen LogP contribution is 2.11. The first kappa shape index (κ1) is 15.0. The Kier molecular flexibility index (Phi) is 5.83. The normalized spacial score (nSPS) is 11.9. The second-order valence-electron chi connectivity index (χ2n) is 4.50. The fraction of sp³-hybridized carbons (Fsp3) is 0.429. The van der Waals surface area contributed by atoms with Gasteiger partial charge in [0.15, 0.2) is 0 Å². The van der Waals surface area contributed by atoms with Crippen LogP contribution in [0.2, 0.25) is 0 Å². The summed E-state index contributed by atoms with van der Waals surface area (Å²) < 4.78 is 5.45. The van der Waals surface area contributed by atoms with Crippen molar-refractivity contribution in [2.24, 2.45) is 5.92 Å². The van der Waals surface area contributed by atoms with Crippen molar-refractivity contribution in [2.75, 3.05) is 13.2 Å². The van der Waals surface area contributed by atoms with E-state index < -0.39 is 12.0 Å². The molecule has 5 nitrogen and oxygen atoms in total. The molecule has 2 N–H and O–H groups in total. The van der Waals surface area contributed by atoms with E-state index in [1.807, 2.05) is 19.9 Å². The molecule has 0 fully saturated rings. The lowest BCUT2D eigenvalue weighted by atomic mass is 10.1. The SMILES string of the molecule is CC(C)C(NCCOc1ccc(C#N)cc1)C(=O)O. The maximum Gasteiger partial charge on any atom is 0.320 e. The van der Waals surface area contributed by atoms with Gasteiger partial charge < -0.3 is 15.2 Å². The third-order valence-electron chi connectivity index (χ3n) is 2.65. The molecule has 0 amide bonds. The molecule has 1 atom stereocenters. The van der Waals surface area contributed by atoms with E-state index in [1.165, 1.54) is 0 Å².